The summed E-state index contributed by atoms with van der Waals surface area (Å²) in [5.41, 5.74) is 0.454. The second kappa shape index (κ2) is 5.88. The Morgan fingerprint density at radius 3 is 2.53 bits per heavy atom. The van der Waals surface area contributed by atoms with Gasteiger partial charge < -0.3 is 10.4 Å². The molecular formula is C15H27NO2S. The smallest absolute Gasteiger partial charge is 0.224 e. The van der Waals surface area contributed by atoms with Gasteiger partial charge in [-0.05, 0) is 38.4 Å². The maximum Gasteiger partial charge on any atom is 0.224 e. The van der Waals surface area contributed by atoms with Gasteiger partial charge in [0, 0.05) is 12.3 Å². The molecule has 0 bridgehead atoms. The van der Waals surface area contributed by atoms with E-state index in [1.165, 1.54) is 5.57 Å². The molecule has 1 fully saturated rings. The topological polar surface area (TPSA) is 49.3 Å². The van der Waals surface area contributed by atoms with Crippen LogP contribution in [0, 0.1) is 17.3 Å². The highest BCUT2D eigenvalue weighted by atomic mass is 32.2. The van der Waals surface area contributed by atoms with Gasteiger partial charge in [0.05, 0.1) is 11.5 Å². The SMILES string of the molecule is CSCC(C)(O)CNC(=O)C1C(C=C(C)C)C1(C)C. The lowest BCUT2D eigenvalue weighted by molar-refractivity contribution is -0.124. The molecule has 1 rings (SSSR count). The Morgan fingerprint density at radius 1 is 1.47 bits per heavy atom. The number of nitrogens with one attached hydrogen (secondary N) is 1. The van der Waals surface area contributed by atoms with Gasteiger partial charge in [-0.1, -0.05) is 25.5 Å². The van der Waals surface area contributed by atoms with E-state index in [2.05, 4.69) is 39.1 Å². The lowest BCUT2D eigenvalue weighted by Gasteiger charge is -2.22. The third-order valence-electron chi connectivity index (χ3n) is 3.80. The van der Waals surface area contributed by atoms with Gasteiger partial charge in [-0.2, -0.15) is 11.8 Å². The number of hydrogen-bond acceptors (Lipinski definition) is 3. The van der Waals surface area contributed by atoms with Crippen molar-refractivity contribution in [1.82, 2.24) is 5.32 Å². The first kappa shape index (κ1) is 16.6. The van der Waals surface area contributed by atoms with Crippen molar-refractivity contribution >= 4 is 17.7 Å². The van der Waals surface area contributed by atoms with Crippen LogP contribution < -0.4 is 5.32 Å². The lowest BCUT2D eigenvalue weighted by atomic mass is 10.1. The molecule has 0 spiro atoms. The molecule has 0 aliphatic heterocycles. The largest absolute Gasteiger partial charge is 0.387 e. The average molecular weight is 285 g/mol. The fourth-order valence-corrected chi connectivity index (χ4v) is 3.32. The van der Waals surface area contributed by atoms with E-state index in [0.717, 1.165) is 0 Å². The van der Waals surface area contributed by atoms with Gasteiger partial charge in [0.1, 0.15) is 0 Å². The molecule has 19 heavy (non-hydrogen) atoms. The molecule has 1 amide bonds. The zero-order valence-electron chi connectivity index (χ0n) is 12.9. The Bertz CT molecular complexity index is 370. The normalized spacial score (nSPS) is 27.3. The Kier molecular flexibility index (Phi) is 5.13. The van der Waals surface area contributed by atoms with Gasteiger partial charge in [0.15, 0.2) is 0 Å². The van der Waals surface area contributed by atoms with E-state index in [1.54, 1.807) is 18.7 Å². The predicted molar refractivity (Wildman–Crippen MR) is 82.2 cm³/mol. The summed E-state index contributed by atoms with van der Waals surface area (Å²) in [4.78, 5) is 12.2. The van der Waals surface area contributed by atoms with E-state index in [9.17, 15) is 9.90 Å². The molecule has 0 saturated heterocycles. The van der Waals surface area contributed by atoms with Crippen molar-refractivity contribution in [2.45, 2.75) is 40.2 Å². The van der Waals surface area contributed by atoms with Crippen LogP contribution in [-0.4, -0.2) is 35.2 Å². The minimum absolute atomic E-state index is 0.0344. The zero-order valence-corrected chi connectivity index (χ0v) is 13.7. The highest BCUT2D eigenvalue weighted by Crippen LogP contribution is 2.59. The summed E-state index contributed by atoms with van der Waals surface area (Å²) < 4.78 is 0. The first-order valence-electron chi connectivity index (χ1n) is 6.76. The molecule has 0 heterocycles. The van der Waals surface area contributed by atoms with E-state index < -0.39 is 5.60 Å². The van der Waals surface area contributed by atoms with E-state index in [-0.39, 0.29) is 17.2 Å². The van der Waals surface area contributed by atoms with Crippen LogP contribution in [0.1, 0.15) is 34.6 Å². The van der Waals surface area contributed by atoms with Gasteiger partial charge in [-0.15, -0.1) is 0 Å². The van der Waals surface area contributed by atoms with Crippen LogP contribution >= 0.6 is 11.8 Å². The van der Waals surface area contributed by atoms with E-state index in [1.807, 2.05) is 6.26 Å². The van der Waals surface area contributed by atoms with Crippen LogP contribution in [-0.2, 0) is 4.79 Å². The summed E-state index contributed by atoms with van der Waals surface area (Å²) in [7, 11) is 0. The molecule has 1 aliphatic carbocycles. The van der Waals surface area contributed by atoms with E-state index >= 15 is 0 Å². The molecule has 0 aromatic carbocycles. The molecule has 3 nitrogen and oxygen atoms in total. The molecule has 4 heteroatoms. The molecule has 3 atom stereocenters. The monoisotopic (exact) mass is 285 g/mol. The molecule has 0 radical (unpaired) electrons. The Labute approximate surface area is 121 Å². The fraction of sp³-hybridized carbons (Fsp3) is 0.800. The lowest BCUT2D eigenvalue weighted by Crippen LogP contribution is -2.43. The quantitative estimate of drug-likeness (QED) is 0.737. The van der Waals surface area contributed by atoms with Gasteiger partial charge in [-0.3, -0.25) is 4.79 Å². The van der Waals surface area contributed by atoms with Crippen LogP contribution in [0.2, 0.25) is 0 Å². The maximum absolute atomic E-state index is 12.2. The highest BCUT2D eigenvalue weighted by Gasteiger charge is 2.60. The maximum atomic E-state index is 12.2. The number of rotatable bonds is 6. The van der Waals surface area contributed by atoms with Crippen molar-refractivity contribution in [2.75, 3.05) is 18.6 Å². The first-order valence-corrected chi connectivity index (χ1v) is 8.15. The number of carbonyl (C=O) groups excluding carboxylic acids is 1. The molecular weight excluding hydrogens is 258 g/mol. The van der Waals surface area contributed by atoms with Crippen molar-refractivity contribution in [3.8, 4) is 0 Å². The zero-order chi connectivity index (χ0) is 14.8. The van der Waals surface area contributed by atoms with Crippen LogP contribution in [0.3, 0.4) is 0 Å². The predicted octanol–water partition coefficient (Wildman–Crippen LogP) is 2.46. The first-order chi connectivity index (χ1) is 8.62. The van der Waals surface area contributed by atoms with Crippen LogP contribution in [0.4, 0.5) is 0 Å². The summed E-state index contributed by atoms with van der Waals surface area (Å²) in [5, 5.41) is 13.0. The van der Waals surface area contributed by atoms with Gasteiger partial charge in [0.25, 0.3) is 0 Å². The standard InChI is InChI=1S/C15H27NO2S/c1-10(2)7-11-12(14(11,3)4)13(17)16-8-15(5,18)9-19-6/h7,11-12,18H,8-9H2,1-6H3,(H,16,17). The average Bonchev–Trinajstić information content (AvgIpc) is 2.76. The van der Waals surface area contributed by atoms with Gasteiger partial charge >= 0.3 is 0 Å². The molecule has 110 valence electrons. The van der Waals surface area contributed by atoms with Crippen LogP contribution in [0.25, 0.3) is 0 Å². The number of hydrogen-bond donors (Lipinski definition) is 2. The number of carbonyl (C=O) groups is 1. The summed E-state index contributed by atoms with van der Waals surface area (Å²) in [6.07, 6.45) is 4.13. The van der Waals surface area contributed by atoms with E-state index in [0.29, 0.717) is 18.2 Å². The van der Waals surface area contributed by atoms with E-state index in [4.69, 9.17) is 0 Å². The molecule has 3 unspecified atom stereocenters. The number of thioether (sulfide) groups is 1. The fourth-order valence-electron chi connectivity index (χ4n) is 2.60. The minimum Gasteiger partial charge on any atom is -0.387 e. The Morgan fingerprint density at radius 2 is 2.05 bits per heavy atom. The molecule has 1 aliphatic rings. The van der Waals surface area contributed by atoms with Crippen LogP contribution in [0.15, 0.2) is 11.6 Å². The summed E-state index contributed by atoms with van der Waals surface area (Å²) in [5.74, 6) is 1.04. The minimum atomic E-state index is -0.833. The second-order valence-electron chi connectivity index (χ2n) is 6.72. The van der Waals surface area contributed by atoms with Gasteiger partial charge in [0.2, 0.25) is 5.91 Å². The van der Waals surface area contributed by atoms with Crippen molar-refractivity contribution < 1.29 is 9.90 Å². The molecule has 1 saturated carbocycles. The van der Waals surface area contributed by atoms with Crippen LogP contribution in [0.5, 0.6) is 0 Å². The third kappa shape index (κ3) is 4.25. The van der Waals surface area contributed by atoms with Crippen molar-refractivity contribution in [2.24, 2.45) is 17.3 Å². The molecule has 0 aromatic heterocycles. The second-order valence-corrected chi connectivity index (χ2v) is 7.58. The Balaban J connectivity index is 2.54. The number of allylic oxidation sites excluding steroid dienone is 2. The molecule has 0 aromatic rings. The molecule has 2 N–H and O–H groups in total. The third-order valence-corrected chi connectivity index (χ3v) is 4.72. The summed E-state index contributed by atoms with van der Waals surface area (Å²) in [6, 6.07) is 0. The number of amides is 1. The number of aliphatic hydroxyl groups is 1. The highest BCUT2D eigenvalue weighted by molar-refractivity contribution is 7.98. The Hall–Kier alpha value is -0.480. The summed E-state index contributed by atoms with van der Waals surface area (Å²) >= 11 is 1.58. The van der Waals surface area contributed by atoms with Gasteiger partial charge in [-0.25, -0.2) is 0 Å². The van der Waals surface area contributed by atoms with Crippen molar-refractivity contribution in [1.29, 1.82) is 0 Å². The summed E-state index contributed by atoms with van der Waals surface area (Å²) in [6.45, 7) is 10.5. The van der Waals surface area contributed by atoms with Crippen molar-refractivity contribution in [3.05, 3.63) is 11.6 Å². The van der Waals surface area contributed by atoms with Crippen molar-refractivity contribution in [3.63, 3.8) is 0 Å².